The Bertz CT molecular complexity index is 886. The van der Waals surface area contributed by atoms with Crippen LogP contribution in [0.4, 0.5) is 10.5 Å². The van der Waals surface area contributed by atoms with E-state index in [0.29, 0.717) is 6.42 Å². The number of benzene rings is 2. The van der Waals surface area contributed by atoms with E-state index in [-0.39, 0.29) is 12.0 Å². The first-order valence-corrected chi connectivity index (χ1v) is 13.5. The Kier molecular flexibility index (Phi) is 14.4. The van der Waals surface area contributed by atoms with E-state index in [2.05, 4.69) is 24.4 Å². The molecule has 2 aromatic carbocycles. The fourth-order valence-corrected chi connectivity index (χ4v) is 3.64. The highest BCUT2D eigenvalue weighted by Crippen LogP contribution is 2.29. The highest BCUT2D eigenvalue weighted by atomic mass is 32.2. The van der Waals surface area contributed by atoms with Gasteiger partial charge in [-0.15, -0.1) is 11.8 Å². The molecule has 2 rings (SSSR count). The fraction of sp³-hybridized carbons (Fsp3) is 0.517. The number of nitrogens with one attached hydrogen (secondary N) is 1. The van der Waals surface area contributed by atoms with Gasteiger partial charge >= 0.3 is 6.09 Å². The number of ether oxygens (including phenoxy) is 1. The van der Waals surface area contributed by atoms with E-state index in [9.17, 15) is 9.59 Å². The van der Waals surface area contributed by atoms with Gasteiger partial charge in [0.05, 0.1) is 12.0 Å². The number of nitrogens with zero attached hydrogens (tertiary/aromatic N) is 1. The zero-order chi connectivity index (χ0) is 27.2. The van der Waals surface area contributed by atoms with Crippen LogP contribution in [0, 0.1) is 0 Å². The third-order valence-electron chi connectivity index (χ3n) is 4.98. The maximum absolute atomic E-state index is 12.5. The van der Waals surface area contributed by atoms with Gasteiger partial charge in [-0.2, -0.15) is 0 Å². The second-order valence-electron chi connectivity index (χ2n) is 8.98. The van der Waals surface area contributed by atoms with Gasteiger partial charge < -0.3 is 15.0 Å². The lowest BCUT2D eigenvalue weighted by Crippen LogP contribution is -2.45. The van der Waals surface area contributed by atoms with Gasteiger partial charge in [0, 0.05) is 17.6 Å². The van der Waals surface area contributed by atoms with E-state index < -0.39 is 11.1 Å². The van der Waals surface area contributed by atoms with Crippen molar-refractivity contribution in [2.75, 3.05) is 18.1 Å². The molecule has 0 spiro atoms. The van der Waals surface area contributed by atoms with Gasteiger partial charge in [-0.1, -0.05) is 58.9 Å². The van der Waals surface area contributed by atoms with Crippen LogP contribution in [0.2, 0.25) is 0 Å². The molecule has 0 saturated heterocycles. The van der Waals surface area contributed by atoms with Gasteiger partial charge in [-0.25, -0.2) is 4.79 Å². The second kappa shape index (κ2) is 15.5. The van der Waals surface area contributed by atoms with Gasteiger partial charge in [0.15, 0.2) is 0 Å². The van der Waals surface area contributed by atoms with Crippen molar-refractivity contribution in [3.63, 3.8) is 0 Å². The van der Waals surface area contributed by atoms with E-state index in [0.717, 1.165) is 22.6 Å². The van der Waals surface area contributed by atoms with Crippen molar-refractivity contribution in [2.24, 2.45) is 0 Å². The van der Waals surface area contributed by atoms with Crippen molar-refractivity contribution in [2.45, 2.75) is 91.7 Å². The van der Waals surface area contributed by atoms with Crippen LogP contribution >= 0.6 is 11.8 Å². The molecule has 0 unspecified atom stereocenters. The Morgan fingerprint density at radius 2 is 1.40 bits per heavy atom. The smallest absolute Gasteiger partial charge is 0.410 e. The minimum absolute atomic E-state index is 0.0613. The SMILES string of the molecule is CC.CC.CCSc1ccc(CC(=O)Nc2ccc(C(C)(C)N(C)C(=O)OC(C)(C)C)cc2)cc1. The summed E-state index contributed by atoms with van der Waals surface area (Å²) >= 11 is 1.78. The molecule has 2 amide bonds. The summed E-state index contributed by atoms with van der Waals surface area (Å²) in [5, 5.41) is 2.94. The standard InChI is InChI=1S/C25H34N2O3S.2C2H6/c1-8-31-21-15-9-18(10-16-21)17-22(28)26-20-13-11-19(12-14-20)25(5,6)27(7)23(29)30-24(2,3)4;2*1-2/h9-16H,8,17H2,1-7H3,(H,26,28);2*1-2H3. The zero-order valence-corrected chi connectivity index (χ0v) is 24.4. The van der Waals surface area contributed by atoms with Crippen LogP contribution in [0.25, 0.3) is 0 Å². The summed E-state index contributed by atoms with van der Waals surface area (Å²) in [6, 6.07) is 15.7. The summed E-state index contributed by atoms with van der Waals surface area (Å²) in [6.07, 6.45) is -0.0515. The number of rotatable bonds is 7. The lowest BCUT2D eigenvalue weighted by Gasteiger charge is -2.37. The van der Waals surface area contributed by atoms with Gasteiger partial charge in [0.2, 0.25) is 5.91 Å². The molecule has 0 bridgehead atoms. The molecule has 196 valence electrons. The summed E-state index contributed by atoms with van der Waals surface area (Å²) in [7, 11) is 1.73. The molecule has 0 atom stereocenters. The van der Waals surface area contributed by atoms with Crippen molar-refractivity contribution < 1.29 is 14.3 Å². The van der Waals surface area contributed by atoms with Gasteiger partial charge in [-0.3, -0.25) is 4.79 Å². The molecular formula is C29H46N2O3S. The Balaban J connectivity index is 0.00000274. The Hall–Kier alpha value is -2.47. The third-order valence-corrected chi connectivity index (χ3v) is 5.87. The molecule has 0 aromatic heterocycles. The first-order chi connectivity index (χ1) is 16.4. The molecule has 0 radical (unpaired) electrons. The van der Waals surface area contributed by atoms with Crippen molar-refractivity contribution in [1.82, 2.24) is 4.90 Å². The molecule has 5 nitrogen and oxygen atoms in total. The largest absolute Gasteiger partial charge is 0.444 e. The quantitative estimate of drug-likeness (QED) is 0.388. The maximum Gasteiger partial charge on any atom is 0.410 e. The number of amides is 2. The molecular weight excluding hydrogens is 456 g/mol. The number of anilines is 1. The molecule has 35 heavy (non-hydrogen) atoms. The number of hydrogen-bond donors (Lipinski definition) is 1. The van der Waals surface area contributed by atoms with Crippen LogP contribution in [0.15, 0.2) is 53.4 Å². The van der Waals surface area contributed by atoms with Crippen molar-refractivity contribution in [3.05, 3.63) is 59.7 Å². The Labute approximate surface area is 218 Å². The molecule has 6 heteroatoms. The number of carbonyl (C=O) groups is 2. The van der Waals surface area contributed by atoms with Crippen LogP contribution in [-0.4, -0.2) is 35.3 Å². The van der Waals surface area contributed by atoms with Crippen LogP contribution in [0.1, 0.15) is 80.4 Å². The predicted octanol–water partition coefficient (Wildman–Crippen LogP) is 8.13. The molecule has 0 fully saturated rings. The van der Waals surface area contributed by atoms with E-state index in [1.165, 1.54) is 4.90 Å². The molecule has 2 aromatic rings. The number of hydrogen-bond acceptors (Lipinski definition) is 4. The number of thioether (sulfide) groups is 1. The molecule has 0 saturated carbocycles. The summed E-state index contributed by atoms with van der Waals surface area (Å²) in [5.74, 6) is 0.967. The summed E-state index contributed by atoms with van der Waals surface area (Å²) < 4.78 is 5.49. The topological polar surface area (TPSA) is 58.6 Å². The van der Waals surface area contributed by atoms with Crippen LogP contribution in [0.3, 0.4) is 0 Å². The Morgan fingerprint density at radius 1 is 0.886 bits per heavy atom. The highest BCUT2D eigenvalue weighted by molar-refractivity contribution is 7.99. The molecule has 0 aliphatic heterocycles. The van der Waals surface area contributed by atoms with Crippen molar-refractivity contribution >= 4 is 29.4 Å². The van der Waals surface area contributed by atoms with E-state index in [1.54, 1.807) is 23.7 Å². The first kappa shape index (κ1) is 32.5. The van der Waals surface area contributed by atoms with Crippen LogP contribution in [0.5, 0.6) is 0 Å². The van der Waals surface area contributed by atoms with E-state index >= 15 is 0 Å². The molecule has 0 aliphatic rings. The molecule has 0 aliphatic carbocycles. The average Bonchev–Trinajstić information content (AvgIpc) is 2.82. The summed E-state index contributed by atoms with van der Waals surface area (Å²) in [5.41, 5.74) is 1.54. The Morgan fingerprint density at radius 3 is 1.86 bits per heavy atom. The van der Waals surface area contributed by atoms with Gasteiger partial charge in [0.25, 0.3) is 0 Å². The lowest BCUT2D eigenvalue weighted by molar-refractivity contribution is -0.115. The van der Waals surface area contributed by atoms with E-state index in [4.69, 9.17) is 4.74 Å². The van der Waals surface area contributed by atoms with E-state index in [1.807, 2.05) is 98.7 Å². The minimum Gasteiger partial charge on any atom is -0.444 e. The number of carbonyl (C=O) groups excluding carboxylic acids is 2. The van der Waals surface area contributed by atoms with Gasteiger partial charge in [-0.05, 0) is 75.8 Å². The fourth-order valence-electron chi connectivity index (χ4n) is 2.97. The summed E-state index contributed by atoms with van der Waals surface area (Å²) in [6.45, 7) is 19.6. The second-order valence-corrected chi connectivity index (χ2v) is 10.3. The third kappa shape index (κ3) is 11.2. The highest BCUT2D eigenvalue weighted by Gasteiger charge is 2.32. The minimum atomic E-state index is -0.566. The maximum atomic E-state index is 12.5. The van der Waals surface area contributed by atoms with Crippen LogP contribution < -0.4 is 5.32 Å². The summed E-state index contributed by atoms with van der Waals surface area (Å²) in [4.78, 5) is 27.7. The zero-order valence-electron chi connectivity index (χ0n) is 23.6. The lowest BCUT2D eigenvalue weighted by atomic mass is 9.92. The normalized spacial score (nSPS) is 10.7. The predicted molar refractivity (Wildman–Crippen MR) is 151 cm³/mol. The molecule has 0 heterocycles. The van der Waals surface area contributed by atoms with Crippen LogP contribution in [-0.2, 0) is 21.5 Å². The average molecular weight is 503 g/mol. The van der Waals surface area contributed by atoms with Crippen molar-refractivity contribution in [3.8, 4) is 0 Å². The van der Waals surface area contributed by atoms with Crippen molar-refractivity contribution in [1.29, 1.82) is 0 Å². The monoisotopic (exact) mass is 502 g/mol. The molecule has 1 N–H and O–H groups in total. The van der Waals surface area contributed by atoms with Gasteiger partial charge in [0.1, 0.15) is 5.60 Å². The first-order valence-electron chi connectivity index (χ1n) is 12.5.